The van der Waals surface area contributed by atoms with Gasteiger partial charge in [-0.05, 0) is 32.8 Å². The molecule has 3 aromatic heterocycles. The third-order valence-corrected chi connectivity index (χ3v) is 6.22. The van der Waals surface area contributed by atoms with Crippen LogP contribution in [0.4, 0.5) is 19.0 Å². The summed E-state index contributed by atoms with van der Waals surface area (Å²) in [6, 6.07) is 1.96. The molecule has 0 aromatic carbocycles. The molecule has 0 aliphatic carbocycles. The zero-order valence-electron chi connectivity index (χ0n) is 20.5. The smallest absolute Gasteiger partial charge is 0.353 e. The molecular weight excluding hydrogens is 461 g/mol. The Kier molecular flexibility index (Phi) is 6.65. The summed E-state index contributed by atoms with van der Waals surface area (Å²) >= 11 is 0. The van der Waals surface area contributed by atoms with Crippen molar-refractivity contribution in [3.8, 4) is 0 Å². The van der Waals surface area contributed by atoms with E-state index in [4.69, 9.17) is 0 Å². The summed E-state index contributed by atoms with van der Waals surface area (Å²) in [6.45, 7) is 11.9. The van der Waals surface area contributed by atoms with Crippen LogP contribution in [0, 0.1) is 20.8 Å². The Labute approximate surface area is 201 Å². The van der Waals surface area contributed by atoms with Gasteiger partial charge in [0.05, 0.1) is 0 Å². The predicted octanol–water partition coefficient (Wildman–Crippen LogP) is 3.26. The monoisotopic (exact) mass is 490 g/mol. The van der Waals surface area contributed by atoms with Crippen LogP contribution in [-0.2, 0) is 17.4 Å². The number of hydrogen-bond donors (Lipinski definition) is 0. The van der Waals surface area contributed by atoms with Crippen LogP contribution in [0.15, 0.2) is 6.07 Å². The highest BCUT2D eigenvalue weighted by Gasteiger charge is 2.37. The number of fused-ring (bicyclic) bond motifs is 1. The van der Waals surface area contributed by atoms with Crippen molar-refractivity contribution in [1.82, 2.24) is 34.4 Å². The summed E-state index contributed by atoms with van der Waals surface area (Å²) in [6.07, 6.45) is -4.04. The lowest BCUT2D eigenvalue weighted by Crippen LogP contribution is -2.49. The number of anilines is 1. The van der Waals surface area contributed by atoms with Crippen molar-refractivity contribution in [2.24, 2.45) is 0 Å². The first-order valence-electron chi connectivity index (χ1n) is 11.6. The predicted molar refractivity (Wildman–Crippen MR) is 123 cm³/mol. The average molecular weight is 491 g/mol. The second-order valence-corrected chi connectivity index (χ2v) is 9.15. The Morgan fingerprint density at radius 1 is 1.03 bits per heavy atom. The zero-order valence-corrected chi connectivity index (χ0v) is 20.5. The molecule has 35 heavy (non-hydrogen) atoms. The van der Waals surface area contributed by atoms with Crippen molar-refractivity contribution in [2.75, 3.05) is 31.1 Å². The summed E-state index contributed by atoms with van der Waals surface area (Å²) in [5.74, 6) is 0.598. The van der Waals surface area contributed by atoms with Crippen molar-refractivity contribution in [3.63, 3.8) is 0 Å². The summed E-state index contributed by atoms with van der Waals surface area (Å²) < 4.78 is 40.1. The minimum Gasteiger partial charge on any atom is -0.353 e. The molecule has 4 rings (SSSR count). The molecule has 4 heterocycles. The molecule has 1 aliphatic rings. The Morgan fingerprint density at radius 2 is 1.71 bits per heavy atom. The van der Waals surface area contributed by atoms with Gasteiger partial charge in [-0.25, -0.2) is 19.5 Å². The molecule has 3 aromatic rings. The number of rotatable bonds is 5. The second kappa shape index (κ2) is 9.38. The molecule has 0 radical (unpaired) electrons. The van der Waals surface area contributed by atoms with Crippen molar-refractivity contribution in [2.45, 2.75) is 59.6 Å². The average Bonchev–Trinajstić information content (AvgIpc) is 3.23. The van der Waals surface area contributed by atoms with Gasteiger partial charge >= 0.3 is 6.18 Å². The van der Waals surface area contributed by atoms with Gasteiger partial charge in [-0.1, -0.05) is 13.8 Å². The van der Waals surface area contributed by atoms with Gasteiger partial charge in [-0.3, -0.25) is 4.79 Å². The Bertz CT molecular complexity index is 1250. The maximum Gasteiger partial charge on any atom is 0.453 e. The topological polar surface area (TPSA) is 92.4 Å². The number of amides is 1. The summed E-state index contributed by atoms with van der Waals surface area (Å²) in [5, 5.41) is 3.57. The third-order valence-electron chi connectivity index (χ3n) is 6.22. The molecule has 1 aliphatic heterocycles. The lowest BCUT2D eigenvalue weighted by molar-refractivity contribution is -0.144. The quantitative estimate of drug-likeness (QED) is 0.542. The first-order valence-corrected chi connectivity index (χ1v) is 11.6. The van der Waals surface area contributed by atoms with E-state index < -0.39 is 12.0 Å². The molecule has 0 N–H and O–H groups in total. The number of hydrogen-bond acceptors (Lipinski definition) is 7. The fourth-order valence-electron chi connectivity index (χ4n) is 4.26. The molecule has 1 saturated heterocycles. The lowest BCUT2D eigenvalue weighted by atomic mass is 10.1. The minimum absolute atomic E-state index is 0.000134. The van der Waals surface area contributed by atoms with Gasteiger partial charge in [0.25, 0.3) is 11.6 Å². The van der Waals surface area contributed by atoms with Gasteiger partial charge in [0, 0.05) is 61.7 Å². The number of carbonyl (C=O) groups excluding carboxylic acids is 1. The van der Waals surface area contributed by atoms with Crippen LogP contribution >= 0.6 is 0 Å². The largest absolute Gasteiger partial charge is 0.453 e. The van der Waals surface area contributed by atoms with E-state index >= 15 is 0 Å². The molecule has 188 valence electrons. The molecule has 1 fully saturated rings. The van der Waals surface area contributed by atoms with E-state index in [-0.39, 0.29) is 24.0 Å². The fraction of sp³-hybridized carbons (Fsp3) is 0.565. The van der Waals surface area contributed by atoms with Crippen LogP contribution in [0.1, 0.15) is 60.5 Å². The number of alkyl halides is 3. The zero-order chi connectivity index (χ0) is 25.5. The second-order valence-electron chi connectivity index (χ2n) is 9.15. The van der Waals surface area contributed by atoms with Crippen LogP contribution in [-0.4, -0.2) is 66.5 Å². The molecule has 9 nitrogen and oxygen atoms in total. The SMILES string of the molecule is Cc1cc(N2CCN(C(=O)CCc3c(C)nc4nc(C(F)(F)F)nn4c3C)CC2)nc(C(C)C)n1. The molecule has 12 heteroatoms. The molecule has 0 atom stereocenters. The molecule has 1 amide bonds. The maximum atomic E-state index is 13.0. The van der Waals surface area contributed by atoms with Crippen LogP contribution in [0.25, 0.3) is 5.78 Å². The van der Waals surface area contributed by atoms with Crippen molar-refractivity contribution in [3.05, 3.63) is 40.4 Å². The van der Waals surface area contributed by atoms with E-state index in [0.29, 0.717) is 49.6 Å². The van der Waals surface area contributed by atoms with Crippen molar-refractivity contribution < 1.29 is 18.0 Å². The first kappa shape index (κ1) is 24.8. The number of aromatic nitrogens is 6. The molecule has 0 bridgehead atoms. The summed E-state index contributed by atoms with van der Waals surface area (Å²) in [4.78, 5) is 33.8. The van der Waals surface area contributed by atoms with Gasteiger partial charge in [0.15, 0.2) is 0 Å². The van der Waals surface area contributed by atoms with E-state index in [1.165, 1.54) is 0 Å². The van der Waals surface area contributed by atoms with E-state index in [2.05, 4.69) is 43.8 Å². The third kappa shape index (κ3) is 5.20. The number of halogens is 3. The normalized spacial score (nSPS) is 14.9. The molecule has 0 saturated carbocycles. The Balaban J connectivity index is 1.40. The summed E-state index contributed by atoms with van der Waals surface area (Å²) in [5.41, 5.74) is 2.69. The number of piperazine rings is 1. The maximum absolute atomic E-state index is 13.0. The highest BCUT2D eigenvalue weighted by Crippen LogP contribution is 2.27. The van der Waals surface area contributed by atoms with E-state index in [9.17, 15) is 18.0 Å². The molecule has 0 spiro atoms. The van der Waals surface area contributed by atoms with Crippen LogP contribution in [0.2, 0.25) is 0 Å². The van der Waals surface area contributed by atoms with E-state index in [0.717, 1.165) is 21.9 Å². The number of nitrogens with zero attached hydrogens (tertiary/aromatic N) is 8. The van der Waals surface area contributed by atoms with E-state index in [1.807, 2.05) is 17.9 Å². The lowest BCUT2D eigenvalue weighted by Gasteiger charge is -2.35. The highest BCUT2D eigenvalue weighted by atomic mass is 19.4. The summed E-state index contributed by atoms with van der Waals surface area (Å²) in [7, 11) is 0. The standard InChI is InChI=1S/C23H29F3N8O/c1-13(2)20-27-14(3)12-18(29-20)32-8-10-33(11-9-32)19(35)7-6-17-15(4)28-22-30-21(23(24,25)26)31-34(22)16(17)5/h12-13H,6-11H2,1-5H3. The van der Waals surface area contributed by atoms with Crippen LogP contribution in [0.3, 0.4) is 0 Å². The van der Waals surface area contributed by atoms with Crippen LogP contribution < -0.4 is 4.90 Å². The fourth-order valence-corrected chi connectivity index (χ4v) is 4.26. The number of aryl methyl sites for hydroxylation is 3. The minimum atomic E-state index is -4.65. The highest BCUT2D eigenvalue weighted by molar-refractivity contribution is 5.77. The van der Waals surface area contributed by atoms with Crippen molar-refractivity contribution in [1.29, 1.82) is 0 Å². The molecular formula is C23H29F3N8O. The Morgan fingerprint density at radius 3 is 2.34 bits per heavy atom. The van der Waals surface area contributed by atoms with E-state index in [1.54, 1.807) is 13.8 Å². The van der Waals surface area contributed by atoms with Gasteiger partial charge in [0.1, 0.15) is 11.6 Å². The van der Waals surface area contributed by atoms with Gasteiger partial charge in [-0.15, -0.1) is 5.10 Å². The number of carbonyl (C=O) groups is 1. The van der Waals surface area contributed by atoms with Crippen molar-refractivity contribution >= 4 is 17.5 Å². The molecule has 0 unspecified atom stereocenters. The van der Waals surface area contributed by atoms with Gasteiger partial charge < -0.3 is 9.80 Å². The Hall–Kier alpha value is -3.31. The van der Waals surface area contributed by atoms with Gasteiger partial charge in [-0.2, -0.15) is 18.2 Å². The van der Waals surface area contributed by atoms with Crippen LogP contribution in [0.5, 0.6) is 0 Å². The van der Waals surface area contributed by atoms with Gasteiger partial charge in [0.2, 0.25) is 5.91 Å². The first-order chi connectivity index (χ1) is 16.4.